The minimum Gasteiger partial charge on any atom is -0.373 e. The molecule has 2 unspecified atom stereocenters. The molecule has 2 rings (SSSR count). The van der Waals surface area contributed by atoms with E-state index in [4.69, 9.17) is 10.5 Å². The number of hydrogen-bond donors (Lipinski definition) is 1. The Bertz CT molecular complexity index is 470. The molecule has 0 aromatic heterocycles. The number of ketones is 1. The number of rotatable bonds is 7. The third kappa shape index (κ3) is 4.65. The number of carbonyl (C=O) groups excluding carboxylic acids is 1. The van der Waals surface area contributed by atoms with Crippen LogP contribution in [0.1, 0.15) is 50.3 Å². The minimum absolute atomic E-state index is 0.0695. The number of nitrogens with two attached hydrogens (primary N) is 1. The van der Waals surface area contributed by atoms with Gasteiger partial charge in [-0.25, -0.2) is 0 Å². The zero-order valence-corrected chi connectivity index (χ0v) is 13.2. The molecular formula is C18H27NO2. The number of carbonyl (C=O) groups is 1. The molecule has 0 bridgehead atoms. The Hall–Kier alpha value is -1.19. The minimum atomic E-state index is -0.0695. The lowest BCUT2D eigenvalue weighted by Gasteiger charge is -2.26. The molecule has 21 heavy (non-hydrogen) atoms. The highest BCUT2D eigenvalue weighted by Gasteiger charge is 2.24. The Balaban J connectivity index is 1.94. The van der Waals surface area contributed by atoms with Gasteiger partial charge in [0.1, 0.15) is 5.78 Å². The van der Waals surface area contributed by atoms with Gasteiger partial charge in [0, 0.05) is 12.8 Å². The first-order valence-electron chi connectivity index (χ1n) is 8.01. The van der Waals surface area contributed by atoms with Crippen LogP contribution in [-0.4, -0.2) is 18.9 Å². The predicted octanol–water partition coefficient (Wildman–Crippen LogP) is 3.27. The summed E-state index contributed by atoms with van der Waals surface area (Å²) >= 11 is 0. The summed E-state index contributed by atoms with van der Waals surface area (Å²) in [5, 5.41) is 0. The van der Waals surface area contributed by atoms with E-state index in [0.717, 1.165) is 12.8 Å². The Labute approximate surface area is 127 Å². The van der Waals surface area contributed by atoms with Gasteiger partial charge in [0.2, 0.25) is 0 Å². The van der Waals surface area contributed by atoms with Crippen molar-refractivity contribution in [1.82, 2.24) is 0 Å². The van der Waals surface area contributed by atoms with Gasteiger partial charge in [-0.1, -0.05) is 38.1 Å². The molecule has 116 valence electrons. The van der Waals surface area contributed by atoms with Crippen molar-refractivity contribution in [2.45, 2.75) is 45.6 Å². The lowest BCUT2D eigenvalue weighted by Crippen LogP contribution is -2.23. The smallest absolute Gasteiger partial charge is 0.136 e. The third-order valence-electron chi connectivity index (χ3n) is 4.16. The van der Waals surface area contributed by atoms with Gasteiger partial charge in [0.05, 0.1) is 12.7 Å². The van der Waals surface area contributed by atoms with Crippen LogP contribution in [0.5, 0.6) is 0 Å². The van der Waals surface area contributed by atoms with Crippen LogP contribution in [0.3, 0.4) is 0 Å². The van der Waals surface area contributed by atoms with Gasteiger partial charge in [0.25, 0.3) is 0 Å². The van der Waals surface area contributed by atoms with E-state index in [2.05, 4.69) is 32.0 Å². The van der Waals surface area contributed by atoms with Crippen molar-refractivity contribution >= 4 is 5.78 Å². The highest BCUT2D eigenvalue weighted by Crippen LogP contribution is 2.30. The normalized spacial score (nSPS) is 19.3. The highest BCUT2D eigenvalue weighted by atomic mass is 16.5. The van der Waals surface area contributed by atoms with E-state index in [-0.39, 0.29) is 11.9 Å². The van der Waals surface area contributed by atoms with Gasteiger partial charge in [-0.05, 0) is 42.3 Å². The van der Waals surface area contributed by atoms with Crippen molar-refractivity contribution in [1.29, 1.82) is 0 Å². The summed E-state index contributed by atoms with van der Waals surface area (Å²) in [4.78, 5) is 12.3. The molecule has 0 spiro atoms. The lowest BCUT2D eigenvalue weighted by molar-refractivity contribution is -0.123. The molecule has 1 aliphatic heterocycles. The zero-order valence-electron chi connectivity index (χ0n) is 13.2. The average molecular weight is 289 g/mol. The van der Waals surface area contributed by atoms with Crippen molar-refractivity contribution in [3.8, 4) is 0 Å². The number of ether oxygens (including phenoxy) is 1. The maximum atomic E-state index is 12.3. The summed E-state index contributed by atoms with van der Waals surface area (Å²) in [5.74, 6) is 1.15. The first-order valence-corrected chi connectivity index (χ1v) is 8.01. The van der Waals surface area contributed by atoms with E-state index < -0.39 is 0 Å². The number of benzene rings is 1. The SMILES string of the molecule is CC(C)CC(CN)CC(=O)CC1OCCc2ccccc21. The van der Waals surface area contributed by atoms with Gasteiger partial charge in [-0.2, -0.15) is 0 Å². The molecule has 1 aromatic carbocycles. The molecule has 0 saturated heterocycles. The molecule has 0 radical (unpaired) electrons. The van der Waals surface area contributed by atoms with Gasteiger partial charge in [-0.3, -0.25) is 4.79 Å². The number of hydrogen-bond acceptors (Lipinski definition) is 3. The molecule has 0 amide bonds. The topological polar surface area (TPSA) is 52.3 Å². The predicted molar refractivity (Wildman–Crippen MR) is 85.1 cm³/mol. The summed E-state index contributed by atoms with van der Waals surface area (Å²) in [6, 6.07) is 8.29. The quantitative estimate of drug-likeness (QED) is 0.838. The first kappa shape index (κ1) is 16.2. The molecule has 3 heteroatoms. The summed E-state index contributed by atoms with van der Waals surface area (Å²) in [5.41, 5.74) is 8.30. The maximum Gasteiger partial charge on any atom is 0.136 e. The molecule has 1 aliphatic rings. The molecule has 0 saturated carbocycles. The average Bonchev–Trinajstić information content (AvgIpc) is 2.46. The van der Waals surface area contributed by atoms with Crippen molar-refractivity contribution in [2.24, 2.45) is 17.6 Å². The zero-order chi connectivity index (χ0) is 15.2. The third-order valence-corrected chi connectivity index (χ3v) is 4.16. The number of Topliss-reactive ketones (excluding diaryl/α,β-unsaturated/α-hetero) is 1. The standard InChI is InChI=1S/C18H27NO2/c1-13(2)9-14(12-19)10-16(20)11-18-17-6-4-3-5-15(17)7-8-21-18/h3-6,13-14,18H,7-12,19H2,1-2H3. The van der Waals surface area contributed by atoms with Crippen LogP contribution in [0.2, 0.25) is 0 Å². The summed E-state index contributed by atoms with van der Waals surface area (Å²) in [6.45, 7) is 5.65. The maximum absolute atomic E-state index is 12.3. The Morgan fingerprint density at radius 2 is 2.14 bits per heavy atom. The fourth-order valence-corrected chi connectivity index (χ4v) is 3.19. The largest absolute Gasteiger partial charge is 0.373 e. The van der Waals surface area contributed by atoms with Crippen LogP contribution in [0.4, 0.5) is 0 Å². The molecule has 1 heterocycles. The second-order valence-corrected chi connectivity index (χ2v) is 6.49. The van der Waals surface area contributed by atoms with Gasteiger partial charge in [0.15, 0.2) is 0 Å². The molecule has 2 atom stereocenters. The molecule has 2 N–H and O–H groups in total. The van der Waals surface area contributed by atoms with E-state index in [1.165, 1.54) is 11.1 Å². The van der Waals surface area contributed by atoms with Crippen LogP contribution < -0.4 is 5.73 Å². The second-order valence-electron chi connectivity index (χ2n) is 6.49. The van der Waals surface area contributed by atoms with Crippen molar-refractivity contribution < 1.29 is 9.53 Å². The van der Waals surface area contributed by atoms with Crippen LogP contribution in [0.15, 0.2) is 24.3 Å². The fourth-order valence-electron chi connectivity index (χ4n) is 3.19. The first-order chi connectivity index (χ1) is 10.1. The van der Waals surface area contributed by atoms with Crippen LogP contribution in [-0.2, 0) is 16.0 Å². The van der Waals surface area contributed by atoms with Crippen molar-refractivity contribution in [2.75, 3.05) is 13.2 Å². The molecule has 0 aliphatic carbocycles. The summed E-state index contributed by atoms with van der Waals surface area (Å²) < 4.78 is 5.82. The lowest BCUT2D eigenvalue weighted by atomic mass is 9.89. The van der Waals surface area contributed by atoms with E-state index in [1.54, 1.807) is 0 Å². The fraction of sp³-hybridized carbons (Fsp3) is 0.611. The highest BCUT2D eigenvalue weighted by molar-refractivity contribution is 5.79. The van der Waals surface area contributed by atoms with Gasteiger partial charge in [-0.15, -0.1) is 0 Å². The van der Waals surface area contributed by atoms with Crippen molar-refractivity contribution in [3.05, 3.63) is 35.4 Å². The Morgan fingerprint density at radius 1 is 1.38 bits per heavy atom. The van der Waals surface area contributed by atoms with Gasteiger partial charge >= 0.3 is 0 Å². The van der Waals surface area contributed by atoms with E-state index in [9.17, 15) is 4.79 Å². The molecular weight excluding hydrogens is 262 g/mol. The molecule has 3 nitrogen and oxygen atoms in total. The Morgan fingerprint density at radius 3 is 2.86 bits per heavy atom. The van der Waals surface area contributed by atoms with Crippen LogP contribution >= 0.6 is 0 Å². The molecule has 1 aromatic rings. The summed E-state index contributed by atoms with van der Waals surface area (Å²) in [7, 11) is 0. The van der Waals surface area contributed by atoms with Crippen LogP contribution in [0.25, 0.3) is 0 Å². The van der Waals surface area contributed by atoms with E-state index in [0.29, 0.717) is 37.8 Å². The van der Waals surface area contributed by atoms with E-state index in [1.807, 2.05) is 6.07 Å². The number of fused-ring (bicyclic) bond motifs is 1. The second kappa shape index (κ2) is 7.71. The molecule has 0 fully saturated rings. The monoisotopic (exact) mass is 289 g/mol. The summed E-state index contributed by atoms with van der Waals surface area (Å²) in [6.07, 6.45) is 2.95. The van der Waals surface area contributed by atoms with Gasteiger partial charge < -0.3 is 10.5 Å². The van der Waals surface area contributed by atoms with E-state index >= 15 is 0 Å². The van der Waals surface area contributed by atoms with Crippen LogP contribution in [0, 0.1) is 11.8 Å². The van der Waals surface area contributed by atoms with Crippen molar-refractivity contribution in [3.63, 3.8) is 0 Å². The Kier molecular flexibility index (Phi) is 5.95.